The first-order chi connectivity index (χ1) is 6.27. The lowest BCUT2D eigenvalue weighted by Crippen LogP contribution is -1.95. The predicted molar refractivity (Wildman–Crippen MR) is 51.1 cm³/mol. The lowest BCUT2D eigenvalue weighted by molar-refractivity contribution is 0.0691. The van der Waals surface area contributed by atoms with Gasteiger partial charge in [-0.1, -0.05) is 0 Å². The van der Waals surface area contributed by atoms with Gasteiger partial charge in [0.05, 0.1) is 0 Å². The first kappa shape index (κ1) is 8.07. The summed E-state index contributed by atoms with van der Waals surface area (Å²) in [5.41, 5.74) is 2.09. The minimum Gasteiger partial charge on any atom is -0.477 e. The van der Waals surface area contributed by atoms with E-state index >= 15 is 0 Å². The topological polar surface area (TPSA) is 53.1 Å². The van der Waals surface area contributed by atoms with E-state index in [0.717, 1.165) is 11.3 Å². The van der Waals surface area contributed by atoms with Crippen LogP contribution in [0.1, 0.15) is 10.5 Å². The van der Waals surface area contributed by atoms with Gasteiger partial charge in [0.1, 0.15) is 5.69 Å². The number of aromatic amines is 1. The van der Waals surface area contributed by atoms with Crippen LogP contribution in [-0.4, -0.2) is 16.1 Å². The molecule has 2 N–H and O–H groups in total. The zero-order chi connectivity index (χ0) is 9.26. The second-order valence-electron chi connectivity index (χ2n) is 2.60. The summed E-state index contributed by atoms with van der Waals surface area (Å²) in [5.74, 6) is -0.929. The molecule has 0 fully saturated rings. The van der Waals surface area contributed by atoms with Crippen molar-refractivity contribution in [2.24, 2.45) is 0 Å². The quantitative estimate of drug-likeness (QED) is 0.769. The lowest BCUT2D eigenvalue weighted by atomic mass is 10.2. The first-order valence-corrected chi connectivity index (χ1v) is 4.66. The van der Waals surface area contributed by atoms with Crippen molar-refractivity contribution in [1.82, 2.24) is 4.98 Å². The number of aromatic carboxylic acids is 1. The van der Waals surface area contributed by atoms with Gasteiger partial charge in [-0.05, 0) is 23.6 Å². The number of hydrogen-bond donors (Lipinski definition) is 2. The van der Waals surface area contributed by atoms with E-state index in [1.165, 1.54) is 0 Å². The number of nitrogens with one attached hydrogen (secondary N) is 1. The number of thiophene rings is 1. The maximum Gasteiger partial charge on any atom is 0.352 e. The highest BCUT2D eigenvalue weighted by Crippen LogP contribution is 2.20. The maximum atomic E-state index is 10.6. The molecule has 0 aliphatic rings. The van der Waals surface area contributed by atoms with Gasteiger partial charge in [0.25, 0.3) is 0 Å². The van der Waals surface area contributed by atoms with Gasteiger partial charge in [0.2, 0.25) is 0 Å². The molecule has 4 heteroatoms. The third-order valence-electron chi connectivity index (χ3n) is 1.75. The molecule has 0 radical (unpaired) electrons. The molecule has 0 aliphatic heterocycles. The van der Waals surface area contributed by atoms with Gasteiger partial charge < -0.3 is 10.1 Å². The zero-order valence-corrected chi connectivity index (χ0v) is 7.47. The molecule has 0 atom stereocenters. The van der Waals surface area contributed by atoms with Crippen molar-refractivity contribution < 1.29 is 9.90 Å². The molecule has 0 amide bonds. The number of carboxylic acid groups (broad SMARTS) is 1. The molecule has 2 rings (SSSR count). The first-order valence-electron chi connectivity index (χ1n) is 3.72. The summed E-state index contributed by atoms with van der Waals surface area (Å²) < 4.78 is 0. The van der Waals surface area contributed by atoms with Crippen LogP contribution in [-0.2, 0) is 0 Å². The average Bonchev–Trinajstić information content (AvgIpc) is 2.75. The van der Waals surface area contributed by atoms with Crippen LogP contribution in [0, 0.1) is 0 Å². The van der Waals surface area contributed by atoms with E-state index in [9.17, 15) is 4.79 Å². The summed E-state index contributed by atoms with van der Waals surface area (Å²) in [6.45, 7) is 0. The van der Waals surface area contributed by atoms with Gasteiger partial charge in [-0.25, -0.2) is 4.79 Å². The Morgan fingerprint density at radius 2 is 2.23 bits per heavy atom. The fourth-order valence-electron chi connectivity index (χ4n) is 1.11. The summed E-state index contributed by atoms with van der Waals surface area (Å²) in [5, 5.41) is 12.6. The van der Waals surface area contributed by atoms with Crippen molar-refractivity contribution in [1.29, 1.82) is 0 Å². The highest BCUT2D eigenvalue weighted by molar-refractivity contribution is 7.08. The molecule has 0 aromatic carbocycles. The molecular weight excluding hydrogens is 186 g/mol. The van der Waals surface area contributed by atoms with Crippen LogP contribution in [0.5, 0.6) is 0 Å². The van der Waals surface area contributed by atoms with Crippen molar-refractivity contribution in [3.63, 3.8) is 0 Å². The van der Waals surface area contributed by atoms with Crippen molar-refractivity contribution in [2.45, 2.75) is 0 Å². The Morgan fingerprint density at radius 1 is 1.38 bits per heavy atom. The number of carboxylic acids is 1. The fourth-order valence-corrected chi connectivity index (χ4v) is 1.76. The minimum absolute atomic E-state index is 0.223. The molecular formula is C9H7NO2S. The monoisotopic (exact) mass is 193 g/mol. The van der Waals surface area contributed by atoms with Crippen LogP contribution >= 0.6 is 11.3 Å². The standard InChI is InChI=1S/C9H7NO2S/c11-9(12)8-2-1-7(10-8)6-3-4-13-5-6/h1-5,10H,(H,11,12). The Hall–Kier alpha value is -1.55. The molecule has 0 spiro atoms. The third kappa shape index (κ3) is 1.48. The van der Waals surface area contributed by atoms with Gasteiger partial charge in [0, 0.05) is 16.6 Å². The molecule has 2 aromatic heterocycles. The SMILES string of the molecule is O=C(O)c1ccc(-c2ccsc2)[nH]1. The smallest absolute Gasteiger partial charge is 0.352 e. The second-order valence-corrected chi connectivity index (χ2v) is 3.38. The Labute approximate surface area is 78.7 Å². The Balaban J connectivity index is 2.39. The number of carbonyl (C=O) groups is 1. The van der Waals surface area contributed by atoms with Crippen LogP contribution in [0.25, 0.3) is 11.3 Å². The Kier molecular flexibility index (Phi) is 1.90. The maximum absolute atomic E-state index is 10.6. The largest absolute Gasteiger partial charge is 0.477 e. The lowest BCUT2D eigenvalue weighted by Gasteiger charge is -1.90. The van der Waals surface area contributed by atoms with E-state index in [2.05, 4.69) is 4.98 Å². The van der Waals surface area contributed by atoms with Gasteiger partial charge >= 0.3 is 5.97 Å². The van der Waals surface area contributed by atoms with E-state index in [-0.39, 0.29) is 5.69 Å². The Bertz CT molecular complexity index is 417. The second kappa shape index (κ2) is 3.06. The number of rotatable bonds is 2. The van der Waals surface area contributed by atoms with Crippen LogP contribution in [0.3, 0.4) is 0 Å². The van der Waals surface area contributed by atoms with E-state index in [4.69, 9.17) is 5.11 Å². The highest BCUT2D eigenvalue weighted by Gasteiger charge is 2.06. The molecule has 0 unspecified atom stereocenters. The van der Waals surface area contributed by atoms with E-state index in [1.807, 2.05) is 16.8 Å². The average molecular weight is 193 g/mol. The van der Waals surface area contributed by atoms with Crippen molar-refractivity contribution >= 4 is 17.3 Å². The predicted octanol–water partition coefficient (Wildman–Crippen LogP) is 2.44. The molecule has 3 nitrogen and oxygen atoms in total. The zero-order valence-electron chi connectivity index (χ0n) is 6.65. The molecule has 2 aromatic rings. The van der Waals surface area contributed by atoms with Crippen molar-refractivity contribution in [2.75, 3.05) is 0 Å². The molecule has 0 saturated carbocycles. The minimum atomic E-state index is -0.929. The summed E-state index contributed by atoms with van der Waals surface area (Å²) >= 11 is 1.58. The van der Waals surface area contributed by atoms with Crippen molar-refractivity contribution in [3.05, 3.63) is 34.7 Å². The number of aromatic nitrogens is 1. The van der Waals surface area contributed by atoms with Gasteiger partial charge in [-0.2, -0.15) is 11.3 Å². The van der Waals surface area contributed by atoms with Gasteiger partial charge in [-0.15, -0.1) is 0 Å². The van der Waals surface area contributed by atoms with Crippen LogP contribution in [0.4, 0.5) is 0 Å². The summed E-state index contributed by atoms with van der Waals surface area (Å²) in [6, 6.07) is 5.28. The summed E-state index contributed by atoms with van der Waals surface area (Å²) in [4.78, 5) is 13.4. The van der Waals surface area contributed by atoms with E-state index in [1.54, 1.807) is 23.5 Å². The van der Waals surface area contributed by atoms with Crippen molar-refractivity contribution in [3.8, 4) is 11.3 Å². The number of H-pyrrole nitrogens is 1. The highest BCUT2D eigenvalue weighted by atomic mass is 32.1. The van der Waals surface area contributed by atoms with Gasteiger partial charge in [0.15, 0.2) is 0 Å². The molecule has 2 heterocycles. The van der Waals surface area contributed by atoms with E-state index in [0.29, 0.717) is 0 Å². The Morgan fingerprint density at radius 3 is 2.77 bits per heavy atom. The summed E-state index contributed by atoms with van der Waals surface area (Å²) in [6.07, 6.45) is 0. The number of hydrogen-bond acceptors (Lipinski definition) is 2. The molecule has 66 valence electrons. The normalized spacial score (nSPS) is 10.2. The van der Waals surface area contributed by atoms with Crippen LogP contribution in [0.2, 0.25) is 0 Å². The van der Waals surface area contributed by atoms with Crippen LogP contribution in [0.15, 0.2) is 29.0 Å². The van der Waals surface area contributed by atoms with Gasteiger partial charge in [-0.3, -0.25) is 0 Å². The summed E-state index contributed by atoms with van der Waals surface area (Å²) in [7, 11) is 0. The molecule has 0 aliphatic carbocycles. The van der Waals surface area contributed by atoms with Crippen LogP contribution < -0.4 is 0 Å². The van der Waals surface area contributed by atoms with E-state index < -0.39 is 5.97 Å². The third-order valence-corrected chi connectivity index (χ3v) is 2.43. The molecule has 13 heavy (non-hydrogen) atoms. The molecule has 0 saturated heterocycles. The molecule has 0 bridgehead atoms. The fraction of sp³-hybridized carbons (Fsp3) is 0.